The summed E-state index contributed by atoms with van der Waals surface area (Å²) in [6.45, 7) is 2.59. The number of rotatable bonds is 8. The minimum atomic E-state index is -0.154. The second-order valence-electron chi connectivity index (χ2n) is 5.36. The maximum Gasteiger partial charge on any atom is 0.260 e. The maximum absolute atomic E-state index is 12.4. The van der Waals surface area contributed by atoms with E-state index in [1.54, 1.807) is 36.3 Å². The van der Waals surface area contributed by atoms with Crippen molar-refractivity contribution in [3.05, 3.63) is 47.7 Å². The molecule has 2 aromatic heterocycles. The van der Waals surface area contributed by atoms with Crippen LogP contribution in [0.4, 0.5) is 0 Å². The van der Waals surface area contributed by atoms with Gasteiger partial charge in [-0.15, -0.1) is 11.3 Å². The zero-order valence-electron chi connectivity index (χ0n) is 14.5. The first-order chi connectivity index (χ1) is 12.7. The number of ether oxygens (including phenoxy) is 2. The normalized spacial score (nSPS) is 10.5. The number of carbonyl (C=O) groups excluding carboxylic acids is 1. The molecule has 0 aliphatic heterocycles. The summed E-state index contributed by atoms with van der Waals surface area (Å²) in [7, 11) is 1.60. The van der Waals surface area contributed by atoms with Crippen molar-refractivity contribution in [3.8, 4) is 22.2 Å². The standard InChI is InChI=1S/C18H19N3O4S/c1-3-21(11-16-19-18(20-25-16)15-5-4-10-26-15)17(22)12-24-14-8-6-13(23-2)7-9-14/h4-10H,3,11-12H2,1-2H3. The molecule has 3 aromatic rings. The van der Waals surface area contributed by atoms with Gasteiger partial charge in [-0.25, -0.2) is 0 Å². The van der Waals surface area contributed by atoms with Gasteiger partial charge in [0, 0.05) is 6.54 Å². The van der Waals surface area contributed by atoms with E-state index in [4.69, 9.17) is 14.0 Å². The van der Waals surface area contributed by atoms with E-state index in [0.717, 1.165) is 10.6 Å². The first-order valence-electron chi connectivity index (χ1n) is 8.10. The summed E-state index contributed by atoms with van der Waals surface area (Å²) < 4.78 is 15.9. The van der Waals surface area contributed by atoms with Crippen LogP contribution in [0, 0.1) is 0 Å². The highest BCUT2D eigenvalue weighted by atomic mass is 32.1. The minimum Gasteiger partial charge on any atom is -0.497 e. The van der Waals surface area contributed by atoms with Gasteiger partial charge in [-0.1, -0.05) is 11.2 Å². The zero-order chi connectivity index (χ0) is 18.4. The van der Waals surface area contributed by atoms with Crippen LogP contribution in [0.1, 0.15) is 12.8 Å². The lowest BCUT2D eigenvalue weighted by atomic mass is 10.3. The van der Waals surface area contributed by atoms with Gasteiger partial charge in [0.1, 0.15) is 18.0 Å². The van der Waals surface area contributed by atoms with Crippen LogP contribution in [0.5, 0.6) is 11.5 Å². The van der Waals surface area contributed by atoms with Crippen LogP contribution in [0.25, 0.3) is 10.7 Å². The number of amides is 1. The summed E-state index contributed by atoms with van der Waals surface area (Å²) in [5.41, 5.74) is 0. The fraction of sp³-hybridized carbons (Fsp3) is 0.278. The molecule has 1 amide bonds. The van der Waals surface area contributed by atoms with Gasteiger partial charge in [-0.3, -0.25) is 4.79 Å². The van der Waals surface area contributed by atoms with E-state index in [0.29, 0.717) is 24.0 Å². The first-order valence-corrected chi connectivity index (χ1v) is 8.98. The second kappa shape index (κ2) is 8.48. The van der Waals surface area contributed by atoms with Crippen molar-refractivity contribution in [3.63, 3.8) is 0 Å². The third kappa shape index (κ3) is 4.40. The smallest absolute Gasteiger partial charge is 0.260 e. The number of thiophene rings is 1. The lowest BCUT2D eigenvalue weighted by Crippen LogP contribution is -2.34. The number of aromatic nitrogens is 2. The quantitative estimate of drug-likeness (QED) is 0.603. The number of hydrogen-bond acceptors (Lipinski definition) is 7. The summed E-state index contributed by atoms with van der Waals surface area (Å²) >= 11 is 1.53. The molecule has 136 valence electrons. The van der Waals surface area contributed by atoms with E-state index in [1.165, 1.54) is 11.3 Å². The summed E-state index contributed by atoms with van der Waals surface area (Å²) in [6, 6.07) is 10.9. The predicted molar refractivity (Wildman–Crippen MR) is 97.2 cm³/mol. The highest BCUT2D eigenvalue weighted by Crippen LogP contribution is 2.21. The average Bonchev–Trinajstić information content (AvgIpc) is 3.36. The average molecular weight is 373 g/mol. The SMILES string of the molecule is CCN(Cc1nc(-c2cccs2)no1)C(=O)COc1ccc(OC)cc1. The Labute approximate surface area is 155 Å². The Morgan fingerprint density at radius 1 is 1.23 bits per heavy atom. The highest BCUT2D eigenvalue weighted by Gasteiger charge is 2.17. The molecule has 0 saturated carbocycles. The van der Waals surface area contributed by atoms with Crippen LogP contribution < -0.4 is 9.47 Å². The fourth-order valence-corrected chi connectivity index (χ4v) is 2.92. The summed E-state index contributed by atoms with van der Waals surface area (Å²) in [4.78, 5) is 19.3. The van der Waals surface area contributed by atoms with E-state index in [2.05, 4.69) is 10.1 Å². The van der Waals surface area contributed by atoms with Gasteiger partial charge in [-0.2, -0.15) is 4.98 Å². The number of carbonyl (C=O) groups is 1. The molecule has 8 heteroatoms. The molecule has 0 fully saturated rings. The molecular weight excluding hydrogens is 354 g/mol. The predicted octanol–water partition coefficient (Wildman–Crippen LogP) is 3.23. The highest BCUT2D eigenvalue weighted by molar-refractivity contribution is 7.13. The lowest BCUT2D eigenvalue weighted by Gasteiger charge is -2.18. The minimum absolute atomic E-state index is 0.0634. The van der Waals surface area contributed by atoms with Crippen molar-refractivity contribution in [1.29, 1.82) is 0 Å². The molecule has 3 rings (SSSR count). The molecule has 0 N–H and O–H groups in total. The molecule has 0 atom stereocenters. The summed E-state index contributed by atoms with van der Waals surface area (Å²) in [6.07, 6.45) is 0. The van der Waals surface area contributed by atoms with Gasteiger partial charge in [0.2, 0.25) is 11.7 Å². The number of likely N-dealkylation sites (N-methyl/N-ethyl adjacent to an activating group) is 1. The molecule has 0 saturated heterocycles. The van der Waals surface area contributed by atoms with Crippen molar-refractivity contribution in [1.82, 2.24) is 15.0 Å². The second-order valence-corrected chi connectivity index (χ2v) is 6.31. The molecule has 2 heterocycles. The first kappa shape index (κ1) is 17.9. The molecule has 0 aliphatic carbocycles. The van der Waals surface area contributed by atoms with E-state index < -0.39 is 0 Å². The van der Waals surface area contributed by atoms with E-state index >= 15 is 0 Å². The van der Waals surface area contributed by atoms with Gasteiger partial charge >= 0.3 is 0 Å². The van der Waals surface area contributed by atoms with Crippen molar-refractivity contribution in [2.24, 2.45) is 0 Å². The van der Waals surface area contributed by atoms with Crippen LogP contribution in [-0.4, -0.2) is 41.2 Å². The van der Waals surface area contributed by atoms with Gasteiger partial charge in [0.15, 0.2) is 6.61 Å². The Bertz CT molecular complexity index is 831. The van der Waals surface area contributed by atoms with E-state index in [1.807, 2.05) is 24.4 Å². The Hall–Kier alpha value is -2.87. The van der Waals surface area contributed by atoms with E-state index in [-0.39, 0.29) is 19.1 Å². The van der Waals surface area contributed by atoms with Gasteiger partial charge in [-0.05, 0) is 42.6 Å². The molecule has 26 heavy (non-hydrogen) atoms. The fourth-order valence-electron chi connectivity index (χ4n) is 2.27. The molecule has 0 aliphatic rings. The monoisotopic (exact) mass is 373 g/mol. The van der Waals surface area contributed by atoms with Crippen LogP contribution >= 0.6 is 11.3 Å². The number of benzene rings is 1. The van der Waals surface area contributed by atoms with Crippen molar-refractivity contribution in [2.75, 3.05) is 20.3 Å². The zero-order valence-corrected chi connectivity index (χ0v) is 15.4. The molecule has 0 unspecified atom stereocenters. The van der Waals surface area contributed by atoms with Crippen molar-refractivity contribution in [2.45, 2.75) is 13.5 Å². The van der Waals surface area contributed by atoms with Gasteiger partial charge < -0.3 is 18.9 Å². The maximum atomic E-state index is 12.4. The van der Waals surface area contributed by atoms with E-state index in [9.17, 15) is 4.79 Å². The lowest BCUT2D eigenvalue weighted by molar-refractivity contribution is -0.134. The topological polar surface area (TPSA) is 77.7 Å². The number of hydrogen-bond donors (Lipinski definition) is 0. The van der Waals surface area contributed by atoms with Gasteiger partial charge in [0.05, 0.1) is 12.0 Å². The Morgan fingerprint density at radius 3 is 2.65 bits per heavy atom. The molecule has 0 radical (unpaired) electrons. The van der Waals surface area contributed by atoms with Crippen molar-refractivity contribution < 1.29 is 18.8 Å². The molecular formula is C18H19N3O4S. The number of nitrogens with zero attached hydrogens (tertiary/aromatic N) is 3. The third-order valence-corrected chi connectivity index (χ3v) is 4.56. The largest absolute Gasteiger partial charge is 0.497 e. The number of methoxy groups -OCH3 is 1. The van der Waals surface area contributed by atoms with Crippen LogP contribution in [0.15, 0.2) is 46.3 Å². The van der Waals surface area contributed by atoms with Crippen LogP contribution in [0.3, 0.4) is 0 Å². The third-order valence-electron chi connectivity index (χ3n) is 3.69. The Kier molecular flexibility index (Phi) is 5.85. The Balaban J connectivity index is 1.56. The molecule has 0 spiro atoms. The molecule has 1 aromatic carbocycles. The van der Waals surface area contributed by atoms with Gasteiger partial charge in [0.25, 0.3) is 5.91 Å². The summed E-state index contributed by atoms with van der Waals surface area (Å²) in [5.74, 6) is 2.12. The molecule has 7 nitrogen and oxygen atoms in total. The van der Waals surface area contributed by atoms with Crippen molar-refractivity contribution >= 4 is 17.2 Å². The van der Waals surface area contributed by atoms with Crippen LogP contribution in [0.2, 0.25) is 0 Å². The molecule has 0 bridgehead atoms. The summed E-state index contributed by atoms with van der Waals surface area (Å²) in [5, 5.41) is 5.91. The van der Waals surface area contributed by atoms with Crippen LogP contribution in [-0.2, 0) is 11.3 Å². The Morgan fingerprint density at radius 2 is 2.00 bits per heavy atom.